The second kappa shape index (κ2) is 3.78. The van der Waals surface area contributed by atoms with Crippen LogP contribution in [0.3, 0.4) is 0 Å². The molecular formula is C14H17NO. The van der Waals surface area contributed by atoms with E-state index >= 15 is 0 Å². The van der Waals surface area contributed by atoms with Crippen LogP contribution in [0.4, 0.5) is 0 Å². The summed E-state index contributed by atoms with van der Waals surface area (Å²) in [7, 11) is 1.84. The lowest BCUT2D eigenvalue weighted by Gasteiger charge is -2.16. The average Bonchev–Trinajstić information content (AvgIpc) is 2.26. The van der Waals surface area contributed by atoms with Crippen LogP contribution in [0.25, 0.3) is 10.8 Å². The number of benzene rings is 1. The summed E-state index contributed by atoms with van der Waals surface area (Å²) < 4.78 is 1.75. The summed E-state index contributed by atoms with van der Waals surface area (Å²) in [5.74, 6) is 0.428. The van der Waals surface area contributed by atoms with Gasteiger partial charge in [-0.05, 0) is 29.9 Å². The van der Waals surface area contributed by atoms with Gasteiger partial charge in [-0.15, -0.1) is 0 Å². The number of rotatable bonds is 1. The Morgan fingerprint density at radius 1 is 1.12 bits per heavy atom. The Morgan fingerprint density at radius 3 is 2.25 bits per heavy atom. The molecule has 1 aromatic carbocycles. The molecule has 0 aliphatic heterocycles. The van der Waals surface area contributed by atoms with Crippen LogP contribution in [0.1, 0.15) is 31.0 Å². The average molecular weight is 215 g/mol. The van der Waals surface area contributed by atoms with Crippen molar-refractivity contribution in [3.63, 3.8) is 0 Å². The highest BCUT2D eigenvalue weighted by atomic mass is 16.1. The molecule has 0 aliphatic carbocycles. The van der Waals surface area contributed by atoms with Crippen molar-refractivity contribution in [2.45, 2.75) is 26.7 Å². The standard InChI is InChI=1S/C14H17NO/c1-9(2)13-10(3)15(4)14(16)12-8-6-5-7-11(12)13/h5-9H,1-4H3. The van der Waals surface area contributed by atoms with E-state index in [0.717, 1.165) is 16.5 Å². The van der Waals surface area contributed by atoms with Crippen molar-refractivity contribution in [1.82, 2.24) is 4.57 Å². The number of hydrogen-bond donors (Lipinski definition) is 0. The fraction of sp³-hybridized carbons (Fsp3) is 0.357. The third kappa shape index (κ3) is 1.45. The van der Waals surface area contributed by atoms with Gasteiger partial charge in [-0.2, -0.15) is 0 Å². The molecule has 2 nitrogen and oxygen atoms in total. The molecule has 1 heterocycles. The number of fused-ring (bicyclic) bond motifs is 1. The van der Waals surface area contributed by atoms with E-state index < -0.39 is 0 Å². The van der Waals surface area contributed by atoms with E-state index in [1.54, 1.807) is 4.57 Å². The van der Waals surface area contributed by atoms with Crippen molar-refractivity contribution in [1.29, 1.82) is 0 Å². The second-order valence-electron chi connectivity index (χ2n) is 4.56. The van der Waals surface area contributed by atoms with Gasteiger partial charge in [0.1, 0.15) is 0 Å². The van der Waals surface area contributed by atoms with Crippen LogP contribution < -0.4 is 5.56 Å². The monoisotopic (exact) mass is 215 g/mol. The van der Waals surface area contributed by atoms with Gasteiger partial charge >= 0.3 is 0 Å². The van der Waals surface area contributed by atoms with E-state index in [0.29, 0.717) is 5.92 Å². The molecule has 2 aromatic rings. The molecular weight excluding hydrogens is 198 g/mol. The largest absolute Gasteiger partial charge is 0.315 e. The predicted octanol–water partition coefficient (Wildman–Crippen LogP) is 2.97. The fourth-order valence-corrected chi connectivity index (χ4v) is 2.34. The van der Waals surface area contributed by atoms with Crippen LogP contribution >= 0.6 is 0 Å². The van der Waals surface area contributed by atoms with Crippen LogP contribution in [0.5, 0.6) is 0 Å². The summed E-state index contributed by atoms with van der Waals surface area (Å²) in [5, 5.41) is 1.91. The Bertz CT molecular complexity index is 593. The first kappa shape index (κ1) is 10.9. The van der Waals surface area contributed by atoms with Gasteiger partial charge in [0.05, 0.1) is 0 Å². The summed E-state index contributed by atoms with van der Waals surface area (Å²) in [5.41, 5.74) is 2.44. The van der Waals surface area contributed by atoms with Crippen LogP contribution in [0, 0.1) is 6.92 Å². The molecule has 0 saturated heterocycles. The van der Waals surface area contributed by atoms with Gasteiger partial charge in [0.25, 0.3) is 5.56 Å². The van der Waals surface area contributed by atoms with Gasteiger partial charge in [-0.1, -0.05) is 32.0 Å². The van der Waals surface area contributed by atoms with Crippen molar-refractivity contribution >= 4 is 10.8 Å². The molecule has 84 valence electrons. The highest BCUT2D eigenvalue weighted by Gasteiger charge is 2.13. The molecule has 0 saturated carbocycles. The minimum atomic E-state index is 0.0949. The van der Waals surface area contributed by atoms with Crippen molar-refractivity contribution in [2.24, 2.45) is 7.05 Å². The minimum absolute atomic E-state index is 0.0949. The Kier molecular flexibility index (Phi) is 2.58. The van der Waals surface area contributed by atoms with E-state index in [-0.39, 0.29) is 5.56 Å². The zero-order chi connectivity index (χ0) is 11.9. The molecule has 0 bridgehead atoms. The second-order valence-corrected chi connectivity index (χ2v) is 4.56. The van der Waals surface area contributed by atoms with Crippen molar-refractivity contribution < 1.29 is 0 Å². The minimum Gasteiger partial charge on any atom is -0.315 e. The van der Waals surface area contributed by atoms with Gasteiger partial charge in [-0.3, -0.25) is 4.79 Å². The zero-order valence-electron chi connectivity index (χ0n) is 10.2. The lowest BCUT2D eigenvalue weighted by Crippen LogP contribution is -2.21. The van der Waals surface area contributed by atoms with Gasteiger partial charge in [0.2, 0.25) is 0 Å². The highest BCUT2D eigenvalue weighted by molar-refractivity contribution is 5.86. The zero-order valence-corrected chi connectivity index (χ0v) is 10.2. The Labute approximate surface area is 95.5 Å². The van der Waals surface area contributed by atoms with E-state index in [9.17, 15) is 4.79 Å². The molecule has 16 heavy (non-hydrogen) atoms. The lowest BCUT2D eigenvalue weighted by atomic mass is 9.95. The number of aromatic nitrogens is 1. The van der Waals surface area contributed by atoms with Crippen LogP contribution in [-0.2, 0) is 7.05 Å². The van der Waals surface area contributed by atoms with Crippen molar-refractivity contribution in [3.8, 4) is 0 Å². The van der Waals surface area contributed by atoms with Gasteiger partial charge < -0.3 is 4.57 Å². The summed E-state index contributed by atoms with van der Waals surface area (Å²) >= 11 is 0. The summed E-state index contributed by atoms with van der Waals surface area (Å²) in [6, 6.07) is 7.86. The van der Waals surface area contributed by atoms with Crippen LogP contribution in [0.15, 0.2) is 29.1 Å². The highest BCUT2D eigenvalue weighted by Crippen LogP contribution is 2.25. The van der Waals surface area contributed by atoms with Gasteiger partial charge in [-0.25, -0.2) is 0 Å². The molecule has 0 amide bonds. The summed E-state index contributed by atoms with van der Waals surface area (Å²) in [4.78, 5) is 12.1. The Hall–Kier alpha value is -1.57. The van der Waals surface area contributed by atoms with E-state index in [4.69, 9.17) is 0 Å². The van der Waals surface area contributed by atoms with Crippen LogP contribution in [0.2, 0.25) is 0 Å². The fourth-order valence-electron chi connectivity index (χ4n) is 2.34. The third-order valence-electron chi connectivity index (χ3n) is 3.22. The normalized spacial score (nSPS) is 11.3. The van der Waals surface area contributed by atoms with Crippen molar-refractivity contribution in [3.05, 3.63) is 45.9 Å². The summed E-state index contributed by atoms with van der Waals surface area (Å²) in [6.45, 7) is 6.35. The first-order valence-corrected chi connectivity index (χ1v) is 5.62. The SMILES string of the molecule is Cc1c(C(C)C)c2ccccc2c(=O)n1C. The molecule has 1 aromatic heterocycles. The molecule has 0 spiro atoms. The van der Waals surface area contributed by atoms with E-state index in [2.05, 4.69) is 13.8 Å². The first-order chi connectivity index (χ1) is 7.54. The lowest BCUT2D eigenvalue weighted by molar-refractivity contribution is 0.773. The smallest absolute Gasteiger partial charge is 0.258 e. The summed E-state index contributed by atoms with van der Waals surface area (Å²) in [6.07, 6.45) is 0. The quantitative estimate of drug-likeness (QED) is 0.716. The molecule has 2 heteroatoms. The molecule has 0 fully saturated rings. The maximum absolute atomic E-state index is 12.1. The van der Waals surface area contributed by atoms with E-state index in [1.165, 1.54) is 5.56 Å². The Morgan fingerprint density at radius 2 is 1.69 bits per heavy atom. The molecule has 2 rings (SSSR count). The topological polar surface area (TPSA) is 22.0 Å². The maximum Gasteiger partial charge on any atom is 0.258 e. The number of nitrogens with zero attached hydrogens (tertiary/aromatic N) is 1. The molecule has 0 unspecified atom stereocenters. The Balaban J connectivity index is 3.04. The molecule has 0 atom stereocenters. The maximum atomic E-state index is 12.1. The van der Waals surface area contributed by atoms with E-state index in [1.807, 2.05) is 38.2 Å². The predicted molar refractivity (Wildman–Crippen MR) is 68.0 cm³/mol. The third-order valence-corrected chi connectivity index (χ3v) is 3.22. The van der Waals surface area contributed by atoms with Gasteiger partial charge in [0, 0.05) is 18.1 Å². The molecule has 0 N–H and O–H groups in total. The molecule has 0 radical (unpaired) electrons. The molecule has 0 aliphatic rings. The first-order valence-electron chi connectivity index (χ1n) is 5.62. The van der Waals surface area contributed by atoms with Crippen molar-refractivity contribution in [2.75, 3.05) is 0 Å². The van der Waals surface area contributed by atoms with Crippen LogP contribution in [-0.4, -0.2) is 4.57 Å². The van der Waals surface area contributed by atoms with Gasteiger partial charge in [0.15, 0.2) is 0 Å². The number of pyridine rings is 1. The number of hydrogen-bond acceptors (Lipinski definition) is 1.